The molecule has 0 saturated carbocycles. The summed E-state index contributed by atoms with van der Waals surface area (Å²) in [6.07, 6.45) is 1.58. The molecule has 1 amide bonds. The van der Waals surface area contributed by atoms with Gasteiger partial charge in [-0.1, -0.05) is 13.8 Å². The number of hydrogen-bond donors (Lipinski definition) is 3. The van der Waals surface area contributed by atoms with Crippen molar-refractivity contribution < 1.29 is 14.7 Å². The Morgan fingerprint density at radius 1 is 1.32 bits per heavy atom. The maximum absolute atomic E-state index is 11.6. The molecule has 19 heavy (non-hydrogen) atoms. The molecule has 106 valence electrons. The number of carbonyl (C=O) groups excluding carboxylic acids is 1. The van der Waals surface area contributed by atoms with Gasteiger partial charge in [-0.3, -0.25) is 4.79 Å². The maximum atomic E-state index is 11.6. The van der Waals surface area contributed by atoms with Gasteiger partial charge in [0.15, 0.2) is 0 Å². The molecule has 0 aromatic carbocycles. The van der Waals surface area contributed by atoms with Crippen LogP contribution in [0.25, 0.3) is 0 Å². The standard InChI is InChI=1S/C13H21N3O3/c1-8(2)5-11(13(18)19)15-7-10(6-14)12(17)16-9(3)4/h7-9,11,15H,5H2,1-4H3,(H,16,17)(H,18,19)/b10-7-. The van der Waals surface area contributed by atoms with Gasteiger partial charge in [0.1, 0.15) is 17.7 Å². The lowest BCUT2D eigenvalue weighted by atomic mass is 10.0. The highest BCUT2D eigenvalue weighted by atomic mass is 16.4. The van der Waals surface area contributed by atoms with Crippen molar-refractivity contribution in [1.29, 1.82) is 5.26 Å². The predicted molar refractivity (Wildman–Crippen MR) is 71.0 cm³/mol. The zero-order valence-electron chi connectivity index (χ0n) is 11.7. The Labute approximate surface area is 113 Å². The molecule has 0 aliphatic rings. The summed E-state index contributed by atoms with van der Waals surface area (Å²) in [6, 6.07) is 0.851. The van der Waals surface area contributed by atoms with Gasteiger partial charge in [0.2, 0.25) is 0 Å². The number of carboxylic acid groups (broad SMARTS) is 1. The average Bonchev–Trinajstić information content (AvgIpc) is 2.26. The molecule has 6 nitrogen and oxygen atoms in total. The SMILES string of the molecule is CC(C)CC(N/C=C(/C#N)C(=O)NC(C)C)C(=O)O. The molecule has 0 bridgehead atoms. The van der Waals surface area contributed by atoms with Gasteiger partial charge in [-0.25, -0.2) is 4.79 Å². The molecule has 0 aliphatic heterocycles. The van der Waals surface area contributed by atoms with E-state index in [1.54, 1.807) is 19.9 Å². The summed E-state index contributed by atoms with van der Waals surface area (Å²) >= 11 is 0. The molecule has 0 fully saturated rings. The van der Waals surface area contributed by atoms with Crippen molar-refractivity contribution in [3.63, 3.8) is 0 Å². The van der Waals surface area contributed by atoms with Gasteiger partial charge in [-0.15, -0.1) is 0 Å². The average molecular weight is 267 g/mol. The van der Waals surface area contributed by atoms with Crippen LogP contribution < -0.4 is 10.6 Å². The van der Waals surface area contributed by atoms with E-state index < -0.39 is 17.9 Å². The number of nitriles is 1. The lowest BCUT2D eigenvalue weighted by molar-refractivity contribution is -0.139. The van der Waals surface area contributed by atoms with Crippen LogP contribution in [0, 0.1) is 17.2 Å². The van der Waals surface area contributed by atoms with Crippen molar-refractivity contribution in [2.75, 3.05) is 0 Å². The summed E-state index contributed by atoms with van der Waals surface area (Å²) in [4.78, 5) is 22.6. The monoisotopic (exact) mass is 267 g/mol. The zero-order valence-corrected chi connectivity index (χ0v) is 11.7. The summed E-state index contributed by atoms with van der Waals surface area (Å²) in [5, 5.41) is 23.1. The highest BCUT2D eigenvalue weighted by Crippen LogP contribution is 2.05. The lowest BCUT2D eigenvalue weighted by Gasteiger charge is -2.15. The predicted octanol–water partition coefficient (Wildman–Crippen LogP) is 1.01. The van der Waals surface area contributed by atoms with Crippen LogP contribution in [0.3, 0.4) is 0 Å². The minimum Gasteiger partial charge on any atom is -0.480 e. The number of carbonyl (C=O) groups is 2. The van der Waals surface area contributed by atoms with Gasteiger partial charge in [0.05, 0.1) is 0 Å². The first kappa shape index (κ1) is 17.0. The van der Waals surface area contributed by atoms with E-state index in [9.17, 15) is 9.59 Å². The highest BCUT2D eigenvalue weighted by molar-refractivity contribution is 5.97. The highest BCUT2D eigenvalue weighted by Gasteiger charge is 2.18. The number of amides is 1. The molecule has 0 aromatic heterocycles. The molecule has 1 unspecified atom stereocenters. The molecule has 1 atom stereocenters. The molecule has 0 spiro atoms. The molecule has 0 aliphatic carbocycles. The van der Waals surface area contributed by atoms with Crippen LogP contribution >= 0.6 is 0 Å². The molecule has 0 saturated heterocycles. The van der Waals surface area contributed by atoms with E-state index in [1.807, 2.05) is 13.8 Å². The first-order chi connectivity index (χ1) is 8.77. The van der Waals surface area contributed by atoms with E-state index in [2.05, 4.69) is 10.6 Å². The Kier molecular flexibility index (Phi) is 7.27. The summed E-state index contributed by atoms with van der Waals surface area (Å²) in [7, 11) is 0. The van der Waals surface area contributed by atoms with Crippen molar-refractivity contribution in [2.45, 2.75) is 46.2 Å². The Morgan fingerprint density at radius 3 is 2.26 bits per heavy atom. The first-order valence-electron chi connectivity index (χ1n) is 6.17. The summed E-state index contributed by atoms with van der Waals surface area (Å²) in [6.45, 7) is 7.36. The Bertz CT molecular complexity index is 394. The number of hydrogen-bond acceptors (Lipinski definition) is 4. The minimum absolute atomic E-state index is 0.0878. The van der Waals surface area contributed by atoms with Crippen LogP contribution in [0.1, 0.15) is 34.1 Å². The molecule has 0 heterocycles. The number of aliphatic carboxylic acids is 1. The molecule has 3 N–H and O–H groups in total. The second kappa shape index (κ2) is 8.14. The van der Waals surface area contributed by atoms with Crippen molar-refractivity contribution in [1.82, 2.24) is 10.6 Å². The largest absolute Gasteiger partial charge is 0.480 e. The van der Waals surface area contributed by atoms with E-state index in [0.29, 0.717) is 6.42 Å². The Hall–Kier alpha value is -2.03. The van der Waals surface area contributed by atoms with Gasteiger partial charge in [-0.2, -0.15) is 5.26 Å². The number of nitrogens with one attached hydrogen (secondary N) is 2. The molecular formula is C13H21N3O3. The van der Waals surface area contributed by atoms with Crippen LogP contribution in [0.15, 0.2) is 11.8 Å². The normalized spacial score (nSPS) is 13.0. The van der Waals surface area contributed by atoms with Crippen LogP contribution in [-0.2, 0) is 9.59 Å². The van der Waals surface area contributed by atoms with E-state index in [-0.39, 0.29) is 17.5 Å². The van der Waals surface area contributed by atoms with Crippen LogP contribution in [0.5, 0.6) is 0 Å². The van der Waals surface area contributed by atoms with Crippen LogP contribution in [0.4, 0.5) is 0 Å². The van der Waals surface area contributed by atoms with Gasteiger partial charge in [-0.05, 0) is 26.2 Å². The zero-order chi connectivity index (χ0) is 15.0. The maximum Gasteiger partial charge on any atom is 0.326 e. The fraction of sp³-hybridized carbons (Fsp3) is 0.615. The van der Waals surface area contributed by atoms with E-state index >= 15 is 0 Å². The van der Waals surface area contributed by atoms with Crippen molar-refractivity contribution in [3.05, 3.63) is 11.8 Å². The third kappa shape index (κ3) is 7.09. The fourth-order valence-corrected chi connectivity index (χ4v) is 1.38. The lowest BCUT2D eigenvalue weighted by Crippen LogP contribution is -2.36. The minimum atomic E-state index is -1.01. The summed E-state index contributed by atoms with van der Waals surface area (Å²) in [5.74, 6) is -1.33. The topological polar surface area (TPSA) is 102 Å². The Balaban J connectivity index is 4.74. The smallest absolute Gasteiger partial charge is 0.326 e. The van der Waals surface area contributed by atoms with Crippen LogP contribution in [-0.4, -0.2) is 29.1 Å². The van der Waals surface area contributed by atoms with Gasteiger partial charge >= 0.3 is 5.97 Å². The van der Waals surface area contributed by atoms with Gasteiger partial charge < -0.3 is 15.7 Å². The molecule has 0 rings (SSSR count). The number of rotatable bonds is 7. The van der Waals surface area contributed by atoms with Crippen LogP contribution in [0.2, 0.25) is 0 Å². The van der Waals surface area contributed by atoms with E-state index in [0.717, 1.165) is 0 Å². The van der Waals surface area contributed by atoms with Gasteiger partial charge in [0, 0.05) is 12.2 Å². The van der Waals surface area contributed by atoms with Gasteiger partial charge in [0.25, 0.3) is 5.91 Å². The molecular weight excluding hydrogens is 246 g/mol. The second-order valence-corrected chi connectivity index (χ2v) is 4.99. The third-order valence-electron chi connectivity index (χ3n) is 2.22. The van der Waals surface area contributed by atoms with Crippen molar-refractivity contribution in [2.24, 2.45) is 5.92 Å². The molecule has 0 radical (unpaired) electrons. The van der Waals surface area contributed by atoms with E-state index in [1.165, 1.54) is 6.20 Å². The molecule has 0 aromatic rings. The second-order valence-electron chi connectivity index (χ2n) is 4.99. The van der Waals surface area contributed by atoms with E-state index in [4.69, 9.17) is 10.4 Å². The number of carboxylic acids is 1. The first-order valence-corrected chi connectivity index (χ1v) is 6.17. The fourth-order valence-electron chi connectivity index (χ4n) is 1.38. The summed E-state index contributed by atoms with van der Waals surface area (Å²) < 4.78 is 0. The molecule has 6 heteroatoms. The Morgan fingerprint density at radius 2 is 1.89 bits per heavy atom. The summed E-state index contributed by atoms with van der Waals surface area (Å²) in [5.41, 5.74) is -0.135. The number of nitrogens with zero attached hydrogens (tertiary/aromatic N) is 1. The van der Waals surface area contributed by atoms with Crippen molar-refractivity contribution in [3.8, 4) is 6.07 Å². The van der Waals surface area contributed by atoms with Crippen molar-refractivity contribution >= 4 is 11.9 Å². The quantitative estimate of drug-likeness (QED) is 0.472. The third-order valence-corrected chi connectivity index (χ3v) is 2.22.